The molecule has 2 heterocycles. The first-order valence-corrected chi connectivity index (χ1v) is 5.72. The maximum atomic E-state index is 5.19. The van der Waals surface area contributed by atoms with E-state index in [4.69, 9.17) is 9.68 Å². The molecular formula is C12H16N2O2. The SMILES string of the molecule is c1cc(C2CNOC2)cc(C2CNOC2)c1. The second-order valence-electron chi connectivity index (χ2n) is 4.38. The van der Waals surface area contributed by atoms with Crippen LogP contribution in [0.15, 0.2) is 24.3 Å². The van der Waals surface area contributed by atoms with Crippen molar-refractivity contribution in [1.29, 1.82) is 0 Å². The van der Waals surface area contributed by atoms with Gasteiger partial charge in [-0.2, -0.15) is 0 Å². The van der Waals surface area contributed by atoms with E-state index in [2.05, 4.69) is 35.2 Å². The van der Waals surface area contributed by atoms with Gasteiger partial charge in [-0.3, -0.25) is 0 Å². The van der Waals surface area contributed by atoms with E-state index in [0.717, 1.165) is 26.3 Å². The lowest BCUT2D eigenvalue weighted by atomic mass is 9.93. The maximum Gasteiger partial charge on any atom is 0.0763 e. The summed E-state index contributed by atoms with van der Waals surface area (Å²) in [6.45, 7) is 3.34. The summed E-state index contributed by atoms with van der Waals surface area (Å²) >= 11 is 0. The molecule has 2 unspecified atom stereocenters. The molecular weight excluding hydrogens is 204 g/mol. The molecule has 2 atom stereocenters. The standard InChI is InChI=1S/C12H16N2O2/c1-2-9(11-5-13-15-7-11)4-10(3-1)12-6-14-16-8-12/h1-4,11-14H,5-8H2. The molecule has 0 aromatic heterocycles. The van der Waals surface area contributed by atoms with Crippen LogP contribution in [-0.4, -0.2) is 26.3 Å². The van der Waals surface area contributed by atoms with Gasteiger partial charge in [0.15, 0.2) is 0 Å². The molecule has 0 aliphatic carbocycles. The molecule has 0 saturated carbocycles. The Morgan fingerprint density at radius 3 is 1.94 bits per heavy atom. The first-order valence-electron chi connectivity index (χ1n) is 5.72. The summed E-state index contributed by atoms with van der Waals surface area (Å²) in [5.41, 5.74) is 8.56. The molecule has 1 aromatic rings. The Balaban J connectivity index is 1.81. The van der Waals surface area contributed by atoms with Crippen LogP contribution in [0.1, 0.15) is 23.0 Å². The minimum Gasteiger partial charge on any atom is -0.301 e. The number of hydrogen-bond donors (Lipinski definition) is 2. The summed E-state index contributed by atoms with van der Waals surface area (Å²) < 4.78 is 0. The number of hydrogen-bond acceptors (Lipinski definition) is 4. The van der Waals surface area contributed by atoms with Crippen molar-refractivity contribution < 1.29 is 9.68 Å². The van der Waals surface area contributed by atoms with Crippen LogP contribution >= 0.6 is 0 Å². The third kappa shape index (κ3) is 1.97. The van der Waals surface area contributed by atoms with Gasteiger partial charge in [0.2, 0.25) is 0 Å². The summed E-state index contributed by atoms with van der Waals surface area (Å²) in [7, 11) is 0. The van der Waals surface area contributed by atoms with E-state index < -0.39 is 0 Å². The minimum absolute atomic E-state index is 0.482. The molecule has 3 rings (SSSR count). The highest BCUT2D eigenvalue weighted by Crippen LogP contribution is 2.24. The Labute approximate surface area is 94.8 Å². The van der Waals surface area contributed by atoms with Crippen molar-refractivity contribution in [2.24, 2.45) is 0 Å². The van der Waals surface area contributed by atoms with Crippen molar-refractivity contribution in [1.82, 2.24) is 11.0 Å². The molecule has 2 aliphatic rings. The summed E-state index contributed by atoms with van der Waals surface area (Å²) in [6, 6.07) is 8.75. The van der Waals surface area contributed by atoms with Crippen LogP contribution in [0.2, 0.25) is 0 Å². The van der Waals surface area contributed by atoms with E-state index in [-0.39, 0.29) is 0 Å². The molecule has 1 aromatic carbocycles. The zero-order chi connectivity index (χ0) is 10.8. The third-order valence-corrected chi connectivity index (χ3v) is 3.29. The fourth-order valence-corrected chi connectivity index (χ4v) is 2.25. The lowest BCUT2D eigenvalue weighted by Gasteiger charge is -2.12. The lowest BCUT2D eigenvalue weighted by Crippen LogP contribution is -2.09. The van der Waals surface area contributed by atoms with Gasteiger partial charge in [-0.15, -0.1) is 0 Å². The Hall–Kier alpha value is -0.940. The Morgan fingerprint density at radius 1 is 0.938 bits per heavy atom. The molecule has 0 amide bonds. The van der Waals surface area contributed by atoms with Gasteiger partial charge in [-0.05, 0) is 11.1 Å². The fourth-order valence-electron chi connectivity index (χ4n) is 2.25. The Bertz CT molecular complexity index is 327. The normalized spacial score (nSPS) is 29.8. The van der Waals surface area contributed by atoms with E-state index in [1.807, 2.05) is 0 Å². The van der Waals surface area contributed by atoms with Crippen LogP contribution < -0.4 is 11.0 Å². The molecule has 4 nitrogen and oxygen atoms in total. The quantitative estimate of drug-likeness (QED) is 0.778. The molecule has 86 valence electrons. The predicted molar refractivity (Wildman–Crippen MR) is 59.8 cm³/mol. The highest BCUT2D eigenvalue weighted by molar-refractivity contribution is 5.30. The van der Waals surface area contributed by atoms with E-state index in [1.54, 1.807) is 0 Å². The summed E-state index contributed by atoms with van der Waals surface area (Å²) in [6.07, 6.45) is 0. The number of benzene rings is 1. The molecule has 16 heavy (non-hydrogen) atoms. The second kappa shape index (κ2) is 4.51. The van der Waals surface area contributed by atoms with Crippen molar-refractivity contribution in [3.63, 3.8) is 0 Å². The molecule has 0 spiro atoms. The Morgan fingerprint density at radius 2 is 1.50 bits per heavy atom. The predicted octanol–water partition coefficient (Wildman–Crippen LogP) is 0.923. The van der Waals surface area contributed by atoms with Crippen LogP contribution in [0.3, 0.4) is 0 Å². The number of rotatable bonds is 2. The molecule has 4 heteroatoms. The van der Waals surface area contributed by atoms with Crippen LogP contribution in [0.25, 0.3) is 0 Å². The molecule has 0 bridgehead atoms. The first-order chi connectivity index (χ1) is 7.93. The summed E-state index contributed by atoms with van der Waals surface area (Å²) in [5, 5.41) is 0. The van der Waals surface area contributed by atoms with Crippen LogP contribution in [-0.2, 0) is 9.68 Å². The zero-order valence-corrected chi connectivity index (χ0v) is 9.11. The largest absolute Gasteiger partial charge is 0.301 e. The third-order valence-electron chi connectivity index (χ3n) is 3.29. The lowest BCUT2D eigenvalue weighted by molar-refractivity contribution is 0.100. The van der Waals surface area contributed by atoms with Gasteiger partial charge in [0, 0.05) is 24.9 Å². The number of nitrogens with one attached hydrogen (secondary N) is 2. The molecule has 2 saturated heterocycles. The van der Waals surface area contributed by atoms with Gasteiger partial charge in [0.25, 0.3) is 0 Å². The van der Waals surface area contributed by atoms with Crippen LogP contribution in [0, 0.1) is 0 Å². The van der Waals surface area contributed by atoms with E-state index in [9.17, 15) is 0 Å². The van der Waals surface area contributed by atoms with Crippen molar-refractivity contribution in [2.45, 2.75) is 11.8 Å². The van der Waals surface area contributed by atoms with Gasteiger partial charge < -0.3 is 9.68 Å². The van der Waals surface area contributed by atoms with E-state index in [0.29, 0.717) is 11.8 Å². The second-order valence-corrected chi connectivity index (χ2v) is 4.38. The van der Waals surface area contributed by atoms with Gasteiger partial charge in [0.05, 0.1) is 13.2 Å². The van der Waals surface area contributed by atoms with E-state index >= 15 is 0 Å². The smallest absolute Gasteiger partial charge is 0.0763 e. The highest BCUT2D eigenvalue weighted by Gasteiger charge is 2.21. The summed E-state index contributed by atoms with van der Waals surface area (Å²) in [4.78, 5) is 10.4. The Kier molecular flexibility index (Phi) is 2.88. The van der Waals surface area contributed by atoms with Gasteiger partial charge in [-0.1, -0.05) is 24.3 Å². The van der Waals surface area contributed by atoms with Gasteiger partial charge in [0.1, 0.15) is 0 Å². The molecule has 2 fully saturated rings. The topological polar surface area (TPSA) is 42.5 Å². The van der Waals surface area contributed by atoms with Crippen molar-refractivity contribution in [2.75, 3.05) is 26.3 Å². The fraction of sp³-hybridized carbons (Fsp3) is 0.500. The highest BCUT2D eigenvalue weighted by atomic mass is 16.7. The summed E-state index contributed by atoms with van der Waals surface area (Å²) in [5.74, 6) is 0.963. The van der Waals surface area contributed by atoms with Crippen LogP contribution in [0.4, 0.5) is 0 Å². The average Bonchev–Trinajstić information content (AvgIpc) is 3.03. The van der Waals surface area contributed by atoms with Crippen molar-refractivity contribution >= 4 is 0 Å². The molecule has 2 N–H and O–H groups in total. The average molecular weight is 220 g/mol. The molecule has 0 radical (unpaired) electrons. The van der Waals surface area contributed by atoms with E-state index in [1.165, 1.54) is 11.1 Å². The van der Waals surface area contributed by atoms with Gasteiger partial charge >= 0.3 is 0 Å². The minimum atomic E-state index is 0.482. The maximum absolute atomic E-state index is 5.19. The number of hydroxylamine groups is 2. The van der Waals surface area contributed by atoms with Crippen molar-refractivity contribution in [3.05, 3.63) is 35.4 Å². The zero-order valence-electron chi connectivity index (χ0n) is 9.11. The van der Waals surface area contributed by atoms with Crippen molar-refractivity contribution in [3.8, 4) is 0 Å². The first kappa shape index (κ1) is 10.2. The van der Waals surface area contributed by atoms with Gasteiger partial charge in [-0.25, -0.2) is 11.0 Å². The molecule has 2 aliphatic heterocycles. The monoisotopic (exact) mass is 220 g/mol. The van der Waals surface area contributed by atoms with Crippen LogP contribution in [0.5, 0.6) is 0 Å².